The van der Waals surface area contributed by atoms with E-state index < -0.39 is 11.7 Å². The highest BCUT2D eigenvalue weighted by molar-refractivity contribution is 6.30. The van der Waals surface area contributed by atoms with Gasteiger partial charge in [0.1, 0.15) is 12.2 Å². The maximum atomic E-state index is 13.3. The number of hydrogen-bond acceptors (Lipinski definition) is 1. The van der Waals surface area contributed by atoms with Gasteiger partial charge in [-0.1, -0.05) is 23.7 Å². The molecule has 0 fully saturated rings. The number of methoxy groups -OCH3 is 1. The molecule has 0 saturated heterocycles. The summed E-state index contributed by atoms with van der Waals surface area (Å²) in [5, 5.41) is 0.568. The van der Waals surface area contributed by atoms with Crippen molar-refractivity contribution >= 4 is 11.6 Å². The zero-order valence-corrected chi connectivity index (χ0v) is 9.68. The molecule has 0 bridgehead atoms. The maximum Gasteiger partial charge on any atom is 0.136 e. The average molecular weight is 247 g/mol. The zero-order valence-electron chi connectivity index (χ0n) is 8.92. The second kappa shape index (κ2) is 6.61. The molecule has 88 valence electrons. The Morgan fingerprint density at radius 3 is 2.56 bits per heavy atom. The van der Waals surface area contributed by atoms with Gasteiger partial charge in [-0.3, -0.25) is 0 Å². The molecule has 0 aliphatic rings. The van der Waals surface area contributed by atoms with E-state index in [1.807, 2.05) is 0 Å². The van der Waals surface area contributed by atoms with E-state index in [1.54, 1.807) is 24.3 Å². The third kappa shape index (κ3) is 3.58. The van der Waals surface area contributed by atoms with Gasteiger partial charge in [0.2, 0.25) is 0 Å². The lowest BCUT2D eigenvalue weighted by atomic mass is 9.95. The standard InChI is InChI=1S/C12H13ClF2O/c1-16-7-6-11(12(15)8-14)9-2-4-10(13)5-3-9/h2-5,8,11H,6-7H2,1H3. The van der Waals surface area contributed by atoms with Crippen molar-refractivity contribution in [3.8, 4) is 0 Å². The Labute approximate surface area is 98.7 Å². The zero-order chi connectivity index (χ0) is 12.0. The van der Waals surface area contributed by atoms with Crippen LogP contribution in [0.2, 0.25) is 5.02 Å². The highest BCUT2D eigenvalue weighted by Crippen LogP contribution is 2.29. The van der Waals surface area contributed by atoms with Crippen LogP contribution in [0.25, 0.3) is 0 Å². The minimum Gasteiger partial charge on any atom is -0.385 e. The first-order valence-electron chi connectivity index (χ1n) is 4.89. The third-order valence-electron chi connectivity index (χ3n) is 2.32. The van der Waals surface area contributed by atoms with Gasteiger partial charge >= 0.3 is 0 Å². The van der Waals surface area contributed by atoms with Gasteiger partial charge in [0.25, 0.3) is 0 Å². The van der Waals surface area contributed by atoms with Crippen molar-refractivity contribution in [1.29, 1.82) is 0 Å². The minimum atomic E-state index is -0.792. The lowest BCUT2D eigenvalue weighted by molar-refractivity contribution is 0.188. The van der Waals surface area contributed by atoms with Gasteiger partial charge in [-0.25, -0.2) is 8.78 Å². The van der Waals surface area contributed by atoms with Crippen LogP contribution in [-0.2, 0) is 4.74 Å². The molecule has 0 amide bonds. The van der Waals surface area contributed by atoms with E-state index >= 15 is 0 Å². The lowest BCUT2D eigenvalue weighted by Gasteiger charge is -2.14. The summed E-state index contributed by atoms with van der Waals surface area (Å²) in [5.74, 6) is -1.40. The molecule has 0 radical (unpaired) electrons. The van der Waals surface area contributed by atoms with E-state index in [4.69, 9.17) is 16.3 Å². The first-order chi connectivity index (χ1) is 7.69. The summed E-state index contributed by atoms with van der Waals surface area (Å²) >= 11 is 5.73. The van der Waals surface area contributed by atoms with Crippen LogP contribution >= 0.6 is 11.6 Å². The molecule has 0 N–H and O–H groups in total. The monoisotopic (exact) mass is 246 g/mol. The van der Waals surface area contributed by atoms with Crippen molar-refractivity contribution in [3.63, 3.8) is 0 Å². The van der Waals surface area contributed by atoms with Crippen LogP contribution in [0.3, 0.4) is 0 Å². The second-order valence-corrected chi connectivity index (χ2v) is 3.82. The van der Waals surface area contributed by atoms with E-state index in [0.29, 0.717) is 23.6 Å². The first-order valence-corrected chi connectivity index (χ1v) is 5.27. The number of allylic oxidation sites excluding steroid dienone is 1. The molecule has 0 aromatic heterocycles. The Morgan fingerprint density at radius 1 is 1.44 bits per heavy atom. The van der Waals surface area contributed by atoms with Gasteiger partial charge in [-0.05, 0) is 24.1 Å². The van der Waals surface area contributed by atoms with Crippen LogP contribution in [0.15, 0.2) is 36.4 Å². The van der Waals surface area contributed by atoms with E-state index in [0.717, 1.165) is 0 Å². The minimum absolute atomic E-state index is 0.00503. The largest absolute Gasteiger partial charge is 0.385 e. The van der Waals surface area contributed by atoms with Crippen LogP contribution < -0.4 is 0 Å². The molecule has 1 atom stereocenters. The van der Waals surface area contributed by atoms with Crippen molar-refractivity contribution in [3.05, 3.63) is 47.0 Å². The van der Waals surface area contributed by atoms with E-state index in [9.17, 15) is 8.78 Å². The van der Waals surface area contributed by atoms with Gasteiger partial charge in [-0.15, -0.1) is 0 Å². The highest BCUT2D eigenvalue weighted by atomic mass is 35.5. The van der Waals surface area contributed by atoms with Crippen LogP contribution in [0, 0.1) is 0 Å². The predicted octanol–water partition coefficient (Wildman–Crippen LogP) is 4.24. The van der Waals surface area contributed by atoms with E-state index in [1.165, 1.54) is 7.11 Å². The summed E-state index contributed by atoms with van der Waals surface area (Å²) in [6.45, 7) is 0.370. The fourth-order valence-corrected chi connectivity index (χ4v) is 1.60. The molecular formula is C12H13ClF2O. The fourth-order valence-electron chi connectivity index (χ4n) is 1.47. The normalized spacial score (nSPS) is 13.9. The van der Waals surface area contributed by atoms with Crippen LogP contribution in [-0.4, -0.2) is 13.7 Å². The van der Waals surface area contributed by atoms with E-state index in [2.05, 4.69) is 0 Å². The first kappa shape index (κ1) is 13.1. The summed E-state index contributed by atoms with van der Waals surface area (Å²) in [6.07, 6.45) is 0.388. The summed E-state index contributed by atoms with van der Waals surface area (Å²) in [5.41, 5.74) is 0.688. The molecule has 0 aliphatic carbocycles. The molecule has 1 unspecified atom stereocenters. The Balaban J connectivity index is 2.87. The maximum absolute atomic E-state index is 13.3. The smallest absolute Gasteiger partial charge is 0.136 e. The van der Waals surface area contributed by atoms with Crippen molar-refractivity contribution in [1.82, 2.24) is 0 Å². The molecule has 16 heavy (non-hydrogen) atoms. The van der Waals surface area contributed by atoms with Gasteiger partial charge in [-0.2, -0.15) is 0 Å². The van der Waals surface area contributed by atoms with Gasteiger partial charge in [0, 0.05) is 24.7 Å². The molecule has 4 heteroatoms. The number of ether oxygens (including phenoxy) is 1. The quantitative estimate of drug-likeness (QED) is 0.755. The SMILES string of the molecule is COCCC(C(F)=CF)c1ccc(Cl)cc1. The fraction of sp³-hybridized carbons (Fsp3) is 0.333. The Morgan fingerprint density at radius 2 is 2.06 bits per heavy atom. The highest BCUT2D eigenvalue weighted by Gasteiger charge is 2.16. The molecule has 0 aliphatic heterocycles. The summed E-state index contributed by atoms with van der Waals surface area (Å²) in [7, 11) is 1.52. The van der Waals surface area contributed by atoms with Crippen LogP contribution in [0.5, 0.6) is 0 Å². The van der Waals surface area contributed by atoms with Crippen LogP contribution in [0.1, 0.15) is 17.9 Å². The summed E-state index contributed by atoms with van der Waals surface area (Å²) in [4.78, 5) is 0. The molecular weight excluding hydrogens is 234 g/mol. The second-order valence-electron chi connectivity index (χ2n) is 3.38. The number of hydrogen-bond donors (Lipinski definition) is 0. The third-order valence-corrected chi connectivity index (χ3v) is 2.57. The van der Waals surface area contributed by atoms with E-state index in [-0.39, 0.29) is 6.33 Å². The van der Waals surface area contributed by atoms with Crippen molar-refractivity contribution in [2.24, 2.45) is 0 Å². The topological polar surface area (TPSA) is 9.23 Å². The van der Waals surface area contributed by atoms with Crippen molar-refractivity contribution in [2.75, 3.05) is 13.7 Å². The predicted molar refractivity (Wildman–Crippen MR) is 61.0 cm³/mol. The van der Waals surface area contributed by atoms with Gasteiger partial charge in [0.15, 0.2) is 0 Å². The van der Waals surface area contributed by atoms with Crippen molar-refractivity contribution in [2.45, 2.75) is 12.3 Å². The average Bonchev–Trinajstić information content (AvgIpc) is 2.31. The molecule has 0 saturated carbocycles. The van der Waals surface area contributed by atoms with Crippen molar-refractivity contribution < 1.29 is 13.5 Å². The number of benzene rings is 1. The molecule has 1 rings (SSSR count). The van der Waals surface area contributed by atoms with Crippen LogP contribution in [0.4, 0.5) is 8.78 Å². The summed E-state index contributed by atoms with van der Waals surface area (Å²) < 4.78 is 30.4. The molecule has 1 nitrogen and oxygen atoms in total. The Hall–Kier alpha value is -0.930. The molecule has 1 aromatic carbocycles. The Kier molecular flexibility index (Phi) is 5.43. The lowest BCUT2D eigenvalue weighted by Crippen LogP contribution is -2.03. The number of rotatable bonds is 5. The molecule has 0 spiro atoms. The molecule has 0 heterocycles. The van der Waals surface area contributed by atoms with Gasteiger partial charge in [0.05, 0.1) is 0 Å². The molecule has 1 aromatic rings. The number of halogens is 3. The van der Waals surface area contributed by atoms with Gasteiger partial charge < -0.3 is 4.74 Å². The Bertz CT molecular complexity index is 349. The summed E-state index contributed by atoms with van der Waals surface area (Å²) in [6, 6.07) is 6.68.